The summed E-state index contributed by atoms with van der Waals surface area (Å²) < 4.78 is 5.22. The maximum atomic E-state index is 13.5. The van der Waals surface area contributed by atoms with Crippen LogP contribution in [0.3, 0.4) is 0 Å². The molecule has 3 rings (SSSR count). The number of hydrogen-bond acceptors (Lipinski definition) is 10. The van der Waals surface area contributed by atoms with E-state index in [-0.39, 0.29) is 18.9 Å². The number of carboxylic acids is 2. The van der Waals surface area contributed by atoms with Crippen molar-refractivity contribution in [2.45, 2.75) is 83.7 Å². The number of fused-ring (bicyclic) bond motifs is 1. The predicted octanol–water partition coefficient (Wildman–Crippen LogP) is 1.02. The summed E-state index contributed by atoms with van der Waals surface area (Å²) in [6.07, 6.45) is -0.440. The number of para-hydroxylation sites is 1. The van der Waals surface area contributed by atoms with Gasteiger partial charge in [0, 0.05) is 30.8 Å². The number of nitrogens with zero attached hydrogens (tertiary/aromatic N) is 2. The Kier molecular flexibility index (Phi) is 17.0. The number of aliphatic hydroxyl groups excluding tert-OH is 1. The molecule has 0 saturated carbocycles. The van der Waals surface area contributed by atoms with Crippen molar-refractivity contribution in [3.63, 3.8) is 0 Å². The molecular weight excluding hydrogens is 732 g/mol. The highest BCUT2D eigenvalue weighted by molar-refractivity contribution is 6.06. The zero-order valence-corrected chi connectivity index (χ0v) is 31.3. The summed E-state index contributed by atoms with van der Waals surface area (Å²) in [4.78, 5) is 103. The monoisotopic (exact) mass is 780 g/mol. The van der Waals surface area contributed by atoms with Gasteiger partial charge in [-0.05, 0) is 55.7 Å². The van der Waals surface area contributed by atoms with Crippen LogP contribution in [-0.4, -0.2) is 105 Å². The Bertz CT molecular complexity index is 1770. The van der Waals surface area contributed by atoms with Crippen LogP contribution >= 0.6 is 0 Å². The van der Waals surface area contributed by atoms with Gasteiger partial charge in [0.25, 0.3) is 17.7 Å². The normalized spacial score (nSPS) is 14.3. The molecule has 0 unspecified atom stereocenters. The third-order valence-electron chi connectivity index (χ3n) is 8.42. The quantitative estimate of drug-likeness (QED) is 0.0827. The Hall–Kier alpha value is -6.30. The Balaban J connectivity index is 1.72. The van der Waals surface area contributed by atoms with Crippen molar-refractivity contribution in [1.29, 1.82) is 0 Å². The van der Waals surface area contributed by atoms with Crippen molar-refractivity contribution >= 4 is 53.3 Å². The summed E-state index contributed by atoms with van der Waals surface area (Å²) in [6.45, 7) is 3.87. The topological polar surface area (TPSA) is 261 Å². The number of ether oxygens (including phenoxy) is 1. The van der Waals surface area contributed by atoms with E-state index in [1.807, 2.05) is 17.6 Å². The molecule has 18 nitrogen and oxygen atoms in total. The van der Waals surface area contributed by atoms with E-state index in [1.165, 1.54) is 4.90 Å². The molecule has 2 aromatic rings. The van der Waals surface area contributed by atoms with Crippen LogP contribution < -0.4 is 26.3 Å². The van der Waals surface area contributed by atoms with Crippen LogP contribution in [-0.2, 0) is 51.3 Å². The fourth-order valence-electron chi connectivity index (χ4n) is 5.67. The number of nitrogens with one attached hydrogen (secondary N) is 4. The molecule has 0 radical (unpaired) electrons. The van der Waals surface area contributed by atoms with Crippen LogP contribution in [0.15, 0.2) is 66.7 Å². The largest absolute Gasteiger partial charge is 0.481 e. The van der Waals surface area contributed by atoms with Gasteiger partial charge in [0.15, 0.2) is 0 Å². The smallest absolute Gasteiger partial charge is 0.408 e. The molecule has 18 heteroatoms. The number of carbonyl (C=O) groups excluding carboxylic acids is 6. The Morgan fingerprint density at radius 1 is 0.821 bits per heavy atom. The molecule has 0 aliphatic carbocycles. The van der Waals surface area contributed by atoms with E-state index in [4.69, 9.17) is 4.74 Å². The third-order valence-corrected chi connectivity index (χ3v) is 8.42. The minimum atomic E-state index is -1.86. The van der Waals surface area contributed by atoms with Gasteiger partial charge in [0.1, 0.15) is 31.3 Å². The van der Waals surface area contributed by atoms with Gasteiger partial charge in [-0.2, -0.15) is 0 Å². The first-order valence-electron chi connectivity index (χ1n) is 17.9. The molecule has 0 aromatic heterocycles. The number of aliphatic hydroxyl groups is 1. The number of hydrazine groups is 1. The maximum absolute atomic E-state index is 13.5. The van der Waals surface area contributed by atoms with Gasteiger partial charge < -0.3 is 40.9 Å². The van der Waals surface area contributed by atoms with Gasteiger partial charge in [-0.3, -0.25) is 39.0 Å². The number of hydrogen-bond donors (Lipinski definition) is 7. The first kappa shape index (κ1) is 44.1. The molecular formula is C38H48N6O12. The summed E-state index contributed by atoms with van der Waals surface area (Å²) in [5.41, 5.74) is 4.33. The van der Waals surface area contributed by atoms with E-state index >= 15 is 0 Å². The molecule has 0 fully saturated rings. The van der Waals surface area contributed by atoms with Gasteiger partial charge in [-0.1, -0.05) is 62.4 Å². The number of aryl methyl sites for hydroxylation is 1. The highest BCUT2D eigenvalue weighted by Gasteiger charge is 2.34. The Labute approximate surface area is 323 Å². The van der Waals surface area contributed by atoms with Gasteiger partial charge in [-0.15, -0.1) is 0 Å². The van der Waals surface area contributed by atoms with Gasteiger partial charge in [0.2, 0.25) is 11.8 Å². The van der Waals surface area contributed by atoms with Crippen molar-refractivity contribution < 1.29 is 58.4 Å². The number of amides is 6. The van der Waals surface area contributed by atoms with Gasteiger partial charge in [0.05, 0.1) is 6.10 Å². The molecule has 0 bridgehead atoms. The minimum absolute atomic E-state index is 0.0906. The minimum Gasteiger partial charge on any atom is -0.481 e. The molecule has 1 heterocycles. The number of benzene rings is 2. The van der Waals surface area contributed by atoms with Crippen LogP contribution in [0.1, 0.15) is 57.6 Å². The lowest BCUT2D eigenvalue weighted by Gasteiger charge is -2.29. The second-order valence-corrected chi connectivity index (χ2v) is 13.5. The maximum Gasteiger partial charge on any atom is 0.408 e. The van der Waals surface area contributed by atoms with E-state index in [1.54, 1.807) is 56.3 Å². The van der Waals surface area contributed by atoms with Crippen LogP contribution in [0.5, 0.6) is 0 Å². The van der Waals surface area contributed by atoms with Crippen LogP contribution in [0, 0.1) is 5.92 Å². The molecule has 4 atom stereocenters. The lowest BCUT2D eigenvalue weighted by molar-refractivity contribution is -0.149. The number of anilines is 1. The molecule has 6 amide bonds. The van der Waals surface area contributed by atoms with Gasteiger partial charge in [-0.25, -0.2) is 9.80 Å². The summed E-state index contributed by atoms with van der Waals surface area (Å²) in [6, 6.07) is 11.3. The van der Waals surface area contributed by atoms with Crippen molar-refractivity contribution in [2.75, 3.05) is 18.0 Å². The molecule has 56 heavy (non-hydrogen) atoms. The van der Waals surface area contributed by atoms with Crippen LogP contribution in [0.4, 0.5) is 10.5 Å². The molecule has 1 aliphatic heterocycles. The van der Waals surface area contributed by atoms with E-state index in [0.29, 0.717) is 29.2 Å². The Morgan fingerprint density at radius 3 is 2.12 bits per heavy atom. The van der Waals surface area contributed by atoms with Crippen molar-refractivity contribution in [2.24, 2.45) is 5.92 Å². The Morgan fingerprint density at radius 2 is 1.48 bits per heavy atom. The van der Waals surface area contributed by atoms with Crippen LogP contribution in [0.25, 0.3) is 0 Å². The fourth-order valence-corrected chi connectivity index (χ4v) is 5.67. The SMILES string of the molecule is CC(C)C[C@H](NC(=O)OCc1ccccc1)C(=O)N[C@@H](CCC(=O)O)C(=O)N[C@H](C(=O)NN(CC(=O)O)C(=O)/C=C/C(=O)N1CCCc2ccccc21)[C@@H](C)O. The average Bonchev–Trinajstić information content (AvgIpc) is 3.15. The van der Waals surface area contributed by atoms with E-state index < -0.39 is 91.2 Å². The second-order valence-electron chi connectivity index (χ2n) is 13.5. The lowest BCUT2D eigenvalue weighted by atomic mass is 10.0. The lowest BCUT2D eigenvalue weighted by Crippen LogP contribution is -2.61. The van der Waals surface area contributed by atoms with Crippen LogP contribution in [0.2, 0.25) is 0 Å². The zero-order chi connectivity index (χ0) is 41.4. The first-order valence-corrected chi connectivity index (χ1v) is 17.9. The molecule has 1 aliphatic rings. The molecule has 0 spiro atoms. The number of alkyl carbamates (subject to hydrolysis) is 1. The van der Waals surface area contributed by atoms with Crippen molar-refractivity contribution in [3.05, 3.63) is 77.9 Å². The van der Waals surface area contributed by atoms with E-state index in [2.05, 4.69) is 16.0 Å². The zero-order valence-electron chi connectivity index (χ0n) is 31.3. The summed E-state index contributed by atoms with van der Waals surface area (Å²) >= 11 is 0. The highest BCUT2D eigenvalue weighted by atomic mass is 16.5. The van der Waals surface area contributed by atoms with E-state index in [0.717, 1.165) is 31.1 Å². The fraction of sp³-hybridized carbons (Fsp3) is 0.421. The predicted molar refractivity (Wildman–Crippen MR) is 199 cm³/mol. The number of aliphatic carboxylic acids is 2. The van der Waals surface area contributed by atoms with E-state index in [9.17, 15) is 53.7 Å². The number of carboxylic acid groups (broad SMARTS) is 2. The standard InChI is InChI=1S/C38H48N6O12/c1-23(2)20-28(40-38(55)56-22-25-10-5-4-6-11-25)36(53)39-27(15-18-32(48)49)35(52)41-34(24(3)45)37(54)42-44(21-33(50)51)31(47)17-16-30(46)43-19-9-13-26-12-7-8-14-29(26)43/h4-8,10-12,14,16-17,23-24,27-28,34,45H,9,13,15,18-22H2,1-3H3,(H,39,53)(H,40,55)(H,41,52)(H,42,54)(H,48,49)(H,50,51)/b17-16+/t24-,27+,28+,34+/m1/s1. The molecule has 302 valence electrons. The van der Waals surface area contributed by atoms with Gasteiger partial charge >= 0.3 is 18.0 Å². The molecule has 2 aromatic carbocycles. The number of carbonyl (C=O) groups is 8. The second kappa shape index (κ2) is 21.6. The summed E-state index contributed by atoms with van der Waals surface area (Å²) in [7, 11) is 0. The number of rotatable bonds is 18. The highest BCUT2D eigenvalue weighted by Crippen LogP contribution is 2.26. The van der Waals surface area contributed by atoms with Crippen molar-refractivity contribution in [1.82, 2.24) is 26.4 Å². The van der Waals surface area contributed by atoms with Crippen molar-refractivity contribution in [3.8, 4) is 0 Å². The summed E-state index contributed by atoms with van der Waals surface area (Å²) in [5.74, 6) is -7.92. The summed E-state index contributed by atoms with van der Waals surface area (Å²) in [5, 5.41) is 36.7. The molecule has 7 N–H and O–H groups in total. The molecule has 0 saturated heterocycles. The third kappa shape index (κ3) is 14.2. The average molecular weight is 781 g/mol. The first-order chi connectivity index (χ1) is 26.5.